The van der Waals surface area contributed by atoms with Crippen molar-refractivity contribution in [1.82, 2.24) is 9.97 Å². The summed E-state index contributed by atoms with van der Waals surface area (Å²) in [5.41, 5.74) is 8.03. The van der Waals surface area contributed by atoms with Crippen LogP contribution in [0.5, 0.6) is 11.6 Å². The molecule has 0 aliphatic rings. The van der Waals surface area contributed by atoms with E-state index in [0.717, 1.165) is 0 Å². The molecule has 1 amide bonds. The lowest BCUT2D eigenvalue weighted by molar-refractivity contribution is -0.111. The third-order valence-electron chi connectivity index (χ3n) is 4.70. The molecule has 0 radical (unpaired) electrons. The smallest absolute Gasteiger partial charge is 0.247 e. The maximum atomic E-state index is 14.7. The van der Waals surface area contributed by atoms with Gasteiger partial charge in [-0.3, -0.25) is 9.79 Å². The molecule has 0 saturated heterocycles. The number of aliphatic imine (C=N–C) groups is 1. The van der Waals surface area contributed by atoms with Crippen molar-refractivity contribution in [3.63, 3.8) is 0 Å². The minimum atomic E-state index is -0.401. The van der Waals surface area contributed by atoms with E-state index in [9.17, 15) is 9.18 Å². The second-order valence-corrected chi connectivity index (χ2v) is 7.43. The minimum Gasteiger partial charge on any atom is -0.438 e. The molecular formula is C25H26FN7O2. The van der Waals surface area contributed by atoms with Gasteiger partial charge in [0.1, 0.15) is 11.6 Å². The predicted octanol–water partition coefficient (Wildman–Crippen LogP) is 4.18. The van der Waals surface area contributed by atoms with Crippen LogP contribution in [-0.4, -0.2) is 43.2 Å². The Morgan fingerprint density at radius 2 is 2.03 bits per heavy atom. The molecule has 0 unspecified atom stereocenters. The van der Waals surface area contributed by atoms with E-state index in [1.54, 1.807) is 62.4 Å². The maximum absolute atomic E-state index is 14.7. The van der Waals surface area contributed by atoms with Crippen molar-refractivity contribution in [3.05, 3.63) is 79.0 Å². The molecule has 2 aromatic carbocycles. The van der Waals surface area contributed by atoms with Crippen LogP contribution in [-0.2, 0) is 4.79 Å². The third-order valence-corrected chi connectivity index (χ3v) is 4.70. The largest absolute Gasteiger partial charge is 0.438 e. The van der Waals surface area contributed by atoms with Crippen molar-refractivity contribution in [3.8, 4) is 22.8 Å². The number of nitrogens with zero attached hydrogens (tertiary/aromatic N) is 4. The zero-order valence-corrected chi connectivity index (χ0v) is 19.6. The van der Waals surface area contributed by atoms with Crippen molar-refractivity contribution in [2.24, 2.45) is 10.7 Å². The molecule has 0 aliphatic heterocycles. The van der Waals surface area contributed by atoms with Gasteiger partial charge in [0.05, 0.1) is 16.9 Å². The molecule has 0 spiro atoms. The van der Waals surface area contributed by atoms with E-state index in [4.69, 9.17) is 10.5 Å². The Kier molecular flexibility index (Phi) is 8.12. The van der Waals surface area contributed by atoms with Crippen molar-refractivity contribution in [1.29, 1.82) is 0 Å². The number of nitrogens with two attached hydrogens (primary N) is 1. The summed E-state index contributed by atoms with van der Waals surface area (Å²) in [7, 11) is 5.13. The molecule has 0 bridgehead atoms. The number of anilines is 3. The molecule has 1 aromatic heterocycles. The van der Waals surface area contributed by atoms with Crippen molar-refractivity contribution in [2.75, 3.05) is 36.7 Å². The molecule has 180 valence electrons. The maximum Gasteiger partial charge on any atom is 0.247 e. The Balaban J connectivity index is 2.04. The number of amides is 1. The summed E-state index contributed by atoms with van der Waals surface area (Å²) in [6, 6.07) is 11.6. The highest BCUT2D eigenvalue weighted by molar-refractivity contribution is 5.99. The fraction of sp³-hybridized carbons (Fsp3) is 0.120. The summed E-state index contributed by atoms with van der Waals surface area (Å²) in [4.78, 5) is 26.1. The Morgan fingerprint density at radius 3 is 2.69 bits per heavy atom. The second kappa shape index (κ2) is 11.4. The van der Waals surface area contributed by atoms with E-state index < -0.39 is 5.82 Å². The number of rotatable bonds is 9. The van der Waals surface area contributed by atoms with Crippen molar-refractivity contribution >= 4 is 29.4 Å². The first-order valence-corrected chi connectivity index (χ1v) is 10.5. The van der Waals surface area contributed by atoms with Crippen LogP contribution in [0.2, 0.25) is 0 Å². The van der Waals surface area contributed by atoms with Gasteiger partial charge in [0.15, 0.2) is 0 Å². The van der Waals surface area contributed by atoms with E-state index in [2.05, 4.69) is 32.2 Å². The zero-order chi connectivity index (χ0) is 25.4. The van der Waals surface area contributed by atoms with E-state index in [-0.39, 0.29) is 17.7 Å². The highest BCUT2D eigenvalue weighted by atomic mass is 19.1. The van der Waals surface area contributed by atoms with Crippen LogP contribution in [0.3, 0.4) is 0 Å². The number of carbonyl (C=O) groups excluding carboxylic acids is 1. The normalized spacial score (nSPS) is 11.3. The molecule has 0 fully saturated rings. The van der Waals surface area contributed by atoms with Gasteiger partial charge in [0.2, 0.25) is 17.7 Å². The lowest BCUT2D eigenvalue weighted by atomic mass is 10.1. The second-order valence-electron chi connectivity index (χ2n) is 7.43. The highest BCUT2D eigenvalue weighted by Gasteiger charge is 2.15. The number of hydrogen-bond acceptors (Lipinski definition) is 8. The minimum absolute atomic E-state index is 0.163. The lowest BCUT2D eigenvalue weighted by Gasteiger charge is -2.16. The van der Waals surface area contributed by atoms with E-state index in [1.807, 2.05) is 0 Å². The van der Waals surface area contributed by atoms with E-state index >= 15 is 0 Å². The first-order valence-electron chi connectivity index (χ1n) is 10.5. The van der Waals surface area contributed by atoms with Gasteiger partial charge in [0.25, 0.3) is 0 Å². The molecule has 4 N–H and O–H groups in total. The first-order chi connectivity index (χ1) is 16.8. The van der Waals surface area contributed by atoms with E-state index in [1.165, 1.54) is 30.8 Å². The molecule has 3 rings (SSSR count). The van der Waals surface area contributed by atoms with Gasteiger partial charge in [-0.05, 0) is 35.9 Å². The lowest BCUT2D eigenvalue weighted by Crippen LogP contribution is -2.10. The number of halogens is 1. The number of allylic oxidation sites excluding steroid dienone is 1. The van der Waals surface area contributed by atoms with Crippen LogP contribution in [0.25, 0.3) is 11.1 Å². The van der Waals surface area contributed by atoms with Crippen LogP contribution >= 0.6 is 0 Å². The average molecular weight is 476 g/mol. The molecule has 9 nitrogen and oxygen atoms in total. The third kappa shape index (κ3) is 6.41. The molecule has 10 heteroatoms. The number of benzene rings is 2. The Morgan fingerprint density at radius 1 is 1.23 bits per heavy atom. The van der Waals surface area contributed by atoms with Crippen LogP contribution in [0.4, 0.5) is 21.7 Å². The standard InChI is InChI=1S/C25H26FN7O2/c1-5-23(34)30-17-7-6-8-19(12-17)35-24-20(16-9-10-22(33(3)4)21(26)11-16)15-29-25(32-24)31-18(13-27)14-28-2/h5-15H,1,27H2,2-4H3,(H,30,34)(H,29,31,32)/b18-13+,28-14?. The quantitative estimate of drug-likeness (QED) is 0.314. The SMILES string of the molecule is C=CC(=O)Nc1cccc(Oc2nc(N/C(C=NC)=C/N)ncc2-c2ccc(N(C)C)c(F)c2)c1. The fourth-order valence-corrected chi connectivity index (χ4v) is 3.07. The van der Waals surface area contributed by atoms with Gasteiger partial charge >= 0.3 is 0 Å². The van der Waals surface area contributed by atoms with Crippen LogP contribution in [0.15, 0.2) is 78.2 Å². The monoisotopic (exact) mass is 475 g/mol. The fourth-order valence-electron chi connectivity index (χ4n) is 3.07. The van der Waals surface area contributed by atoms with Gasteiger partial charge < -0.3 is 26.0 Å². The highest BCUT2D eigenvalue weighted by Crippen LogP contribution is 2.34. The molecule has 3 aromatic rings. The summed E-state index contributed by atoms with van der Waals surface area (Å²) >= 11 is 0. The molecule has 0 aliphatic carbocycles. The van der Waals surface area contributed by atoms with Gasteiger partial charge in [-0.1, -0.05) is 18.7 Å². The van der Waals surface area contributed by atoms with Gasteiger partial charge in [-0.25, -0.2) is 9.37 Å². The predicted molar refractivity (Wildman–Crippen MR) is 137 cm³/mol. The molecule has 0 saturated carbocycles. The Hall–Kier alpha value is -4.73. The summed E-state index contributed by atoms with van der Waals surface area (Å²) in [5, 5.41) is 5.63. The Labute approximate surface area is 202 Å². The van der Waals surface area contributed by atoms with Crippen LogP contribution < -0.4 is 26.0 Å². The van der Waals surface area contributed by atoms with Crippen molar-refractivity contribution < 1.29 is 13.9 Å². The number of nitrogens with one attached hydrogen (secondary N) is 2. The number of carbonyl (C=O) groups is 1. The average Bonchev–Trinajstić information content (AvgIpc) is 2.83. The van der Waals surface area contributed by atoms with Gasteiger partial charge in [0, 0.05) is 51.5 Å². The molecule has 1 heterocycles. The van der Waals surface area contributed by atoms with E-state index in [0.29, 0.717) is 33.9 Å². The zero-order valence-electron chi connectivity index (χ0n) is 19.6. The summed E-state index contributed by atoms with van der Waals surface area (Å²) in [6.07, 6.45) is 5.53. The van der Waals surface area contributed by atoms with Crippen molar-refractivity contribution in [2.45, 2.75) is 0 Å². The number of ether oxygens (including phenoxy) is 1. The first kappa shape index (κ1) is 24.9. The number of aromatic nitrogens is 2. The van der Waals surface area contributed by atoms with Crippen LogP contribution in [0, 0.1) is 5.82 Å². The topological polar surface area (TPSA) is 118 Å². The summed E-state index contributed by atoms with van der Waals surface area (Å²) in [6.45, 7) is 3.45. The summed E-state index contributed by atoms with van der Waals surface area (Å²) in [5.74, 6) is 0.0000161. The molecule has 35 heavy (non-hydrogen) atoms. The van der Waals surface area contributed by atoms with Gasteiger partial charge in [-0.2, -0.15) is 4.98 Å². The van der Waals surface area contributed by atoms with Crippen LogP contribution in [0.1, 0.15) is 0 Å². The Bertz CT molecular complexity index is 1290. The molecule has 0 atom stereocenters. The summed E-state index contributed by atoms with van der Waals surface area (Å²) < 4.78 is 20.8. The molecular weight excluding hydrogens is 449 g/mol. The van der Waals surface area contributed by atoms with Gasteiger partial charge in [-0.15, -0.1) is 0 Å². The number of hydrogen-bond donors (Lipinski definition) is 3.